The number of hydrazone groups is 1. The zero-order chi connectivity index (χ0) is 14.1. The van der Waals surface area contributed by atoms with E-state index in [0.717, 1.165) is 21.8 Å². The van der Waals surface area contributed by atoms with Crippen LogP contribution in [0.1, 0.15) is 29.8 Å². The van der Waals surface area contributed by atoms with Gasteiger partial charge in [0.15, 0.2) is 0 Å². The fraction of sp³-hybridized carbons (Fsp3) is 0.125. The molecular weight excluding hydrogens is 268 g/mol. The first kappa shape index (κ1) is 12.8. The van der Waals surface area contributed by atoms with E-state index in [4.69, 9.17) is 0 Å². The van der Waals surface area contributed by atoms with E-state index in [-0.39, 0.29) is 5.91 Å². The molecule has 20 heavy (non-hydrogen) atoms. The number of allylic oxidation sites excluding steroid dienone is 2. The number of amides is 1. The topological polar surface area (TPSA) is 32.7 Å². The molecule has 4 heteroatoms. The van der Waals surface area contributed by atoms with Crippen molar-refractivity contribution in [2.75, 3.05) is 5.01 Å². The van der Waals surface area contributed by atoms with Gasteiger partial charge in [-0.25, -0.2) is 0 Å². The number of nitrogens with zero attached hydrogens (tertiary/aromatic N) is 2. The van der Waals surface area contributed by atoms with Crippen molar-refractivity contribution in [1.29, 1.82) is 0 Å². The molecule has 0 radical (unpaired) electrons. The van der Waals surface area contributed by atoms with Crippen LogP contribution in [0.2, 0.25) is 0 Å². The van der Waals surface area contributed by atoms with Crippen molar-refractivity contribution in [3.05, 3.63) is 59.0 Å². The van der Waals surface area contributed by atoms with Gasteiger partial charge in [-0.3, -0.25) is 4.79 Å². The SMILES string of the molecule is CC1=CC(C)=NN(C(=O)c2ccccc2)c2sccc21. The second-order valence-corrected chi connectivity index (χ2v) is 5.59. The van der Waals surface area contributed by atoms with Crippen LogP contribution in [0.5, 0.6) is 0 Å². The molecule has 1 aromatic heterocycles. The summed E-state index contributed by atoms with van der Waals surface area (Å²) in [5, 5.41) is 8.83. The van der Waals surface area contributed by atoms with E-state index in [9.17, 15) is 4.79 Å². The maximum Gasteiger partial charge on any atom is 0.279 e. The quantitative estimate of drug-likeness (QED) is 0.772. The standard InChI is InChI=1S/C16H14N2OS/c1-11-10-12(2)17-18(16-14(11)8-9-20-16)15(19)13-6-4-3-5-7-13/h3-10H,1-2H3. The Bertz CT molecular complexity index is 713. The highest BCUT2D eigenvalue weighted by molar-refractivity contribution is 7.14. The number of fused-ring (bicyclic) bond motifs is 1. The Morgan fingerprint density at radius 1 is 1.15 bits per heavy atom. The molecule has 3 rings (SSSR count). The van der Waals surface area contributed by atoms with Crippen molar-refractivity contribution in [2.45, 2.75) is 13.8 Å². The molecule has 0 saturated carbocycles. The molecule has 1 aliphatic rings. The minimum absolute atomic E-state index is 0.100. The molecule has 0 unspecified atom stereocenters. The first-order valence-electron chi connectivity index (χ1n) is 6.37. The molecule has 2 heterocycles. The second kappa shape index (κ2) is 5.06. The van der Waals surface area contributed by atoms with E-state index < -0.39 is 0 Å². The number of hydrogen-bond acceptors (Lipinski definition) is 3. The van der Waals surface area contributed by atoms with E-state index in [0.29, 0.717) is 5.56 Å². The first-order valence-corrected chi connectivity index (χ1v) is 7.25. The second-order valence-electron chi connectivity index (χ2n) is 4.69. The molecular formula is C16H14N2OS. The smallest absolute Gasteiger partial charge is 0.267 e. The van der Waals surface area contributed by atoms with E-state index in [1.54, 1.807) is 0 Å². The van der Waals surface area contributed by atoms with Crippen LogP contribution < -0.4 is 5.01 Å². The van der Waals surface area contributed by atoms with Crippen molar-refractivity contribution in [1.82, 2.24) is 0 Å². The minimum Gasteiger partial charge on any atom is -0.267 e. The molecule has 3 nitrogen and oxygen atoms in total. The summed E-state index contributed by atoms with van der Waals surface area (Å²) in [5.74, 6) is -0.100. The van der Waals surface area contributed by atoms with Gasteiger partial charge in [0, 0.05) is 11.1 Å². The van der Waals surface area contributed by atoms with E-state index in [1.165, 1.54) is 16.3 Å². The molecule has 2 aromatic rings. The molecule has 1 amide bonds. The van der Waals surface area contributed by atoms with Crippen LogP contribution in [0.3, 0.4) is 0 Å². The number of rotatable bonds is 1. The van der Waals surface area contributed by atoms with E-state index >= 15 is 0 Å². The fourth-order valence-electron chi connectivity index (χ4n) is 2.23. The lowest BCUT2D eigenvalue weighted by Gasteiger charge is -2.16. The summed E-state index contributed by atoms with van der Waals surface area (Å²) >= 11 is 1.53. The number of anilines is 1. The van der Waals surface area contributed by atoms with Gasteiger partial charge in [0.05, 0.1) is 5.71 Å². The number of benzene rings is 1. The van der Waals surface area contributed by atoms with E-state index in [1.807, 2.05) is 61.7 Å². The molecule has 0 N–H and O–H groups in total. The van der Waals surface area contributed by atoms with Crippen molar-refractivity contribution < 1.29 is 4.79 Å². The van der Waals surface area contributed by atoms with Gasteiger partial charge in [-0.1, -0.05) is 18.2 Å². The van der Waals surface area contributed by atoms with Gasteiger partial charge in [-0.2, -0.15) is 10.1 Å². The maximum atomic E-state index is 12.7. The van der Waals surface area contributed by atoms with Gasteiger partial charge < -0.3 is 0 Å². The molecule has 0 fully saturated rings. The summed E-state index contributed by atoms with van der Waals surface area (Å²) < 4.78 is 0. The number of carbonyl (C=O) groups excluding carboxylic acids is 1. The van der Waals surface area contributed by atoms with Gasteiger partial charge in [0.2, 0.25) is 0 Å². The third kappa shape index (κ3) is 2.18. The van der Waals surface area contributed by atoms with Crippen molar-refractivity contribution in [3.63, 3.8) is 0 Å². The Balaban J connectivity index is 2.09. The third-order valence-electron chi connectivity index (χ3n) is 3.16. The lowest BCUT2D eigenvalue weighted by atomic mass is 10.1. The summed E-state index contributed by atoms with van der Waals surface area (Å²) in [6.07, 6.45) is 2.00. The third-order valence-corrected chi connectivity index (χ3v) is 4.05. The Hall–Kier alpha value is -2.20. The lowest BCUT2D eigenvalue weighted by molar-refractivity contribution is 0.0988. The van der Waals surface area contributed by atoms with Crippen LogP contribution in [-0.4, -0.2) is 11.6 Å². The van der Waals surface area contributed by atoms with Crippen molar-refractivity contribution in [2.24, 2.45) is 5.10 Å². The van der Waals surface area contributed by atoms with Crippen LogP contribution >= 0.6 is 11.3 Å². The number of thiophene rings is 1. The molecule has 0 saturated heterocycles. The monoisotopic (exact) mass is 282 g/mol. The average Bonchev–Trinajstić information content (AvgIpc) is 2.90. The molecule has 0 spiro atoms. The molecule has 1 aromatic carbocycles. The Morgan fingerprint density at radius 3 is 2.65 bits per heavy atom. The van der Waals surface area contributed by atoms with Gasteiger partial charge in [0.1, 0.15) is 5.00 Å². The highest BCUT2D eigenvalue weighted by Crippen LogP contribution is 2.35. The largest absolute Gasteiger partial charge is 0.279 e. The minimum atomic E-state index is -0.100. The normalized spacial score (nSPS) is 14.2. The Morgan fingerprint density at radius 2 is 1.90 bits per heavy atom. The summed E-state index contributed by atoms with van der Waals surface area (Å²) in [5.41, 5.74) is 3.67. The zero-order valence-corrected chi connectivity index (χ0v) is 12.1. The summed E-state index contributed by atoms with van der Waals surface area (Å²) in [7, 11) is 0. The number of hydrogen-bond donors (Lipinski definition) is 0. The van der Waals surface area contributed by atoms with Crippen molar-refractivity contribution >= 4 is 33.5 Å². The van der Waals surface area contributed by atoms with Crippen LogP contribution in [0.4, 0.5) is 5.00 Å². The molecule has 1 aliphatic heterocycles. The molecule has 0 bridgehead atoms. The lowest BCUT2D eigenvalue weighted by Crippen LogP contribution is -2.25. The summed E-state index contributed by atoms with van der Waals surface area (Å²) in [6.45, 7) is 3.95. The summed E-state index contributed by atoms with van der Waals surface area (Å²) in [6, 6.07) is 11.3. The fourth-order valence-corrected chi connectivity index (χ4v) is 3.14. The van der Waals surface area contributed by atoms with Crippen LogP contribution in [-0.2, 0) is 0 Å². The molecule has 0 aliphatic carbocycles. The van der Waals surface area contributed by atoms with Gasteiger partial charge in [-0.15, -0.1) is 11.3 Å². The average molecular weight is 282 g/mol. The predicted molar refractivity (Wildman–Crippen MR) is 84.3 cm³/mol. The summed E-state index contributed by atoms with van der Waals surface area (Å²) in [4.78, 5) is 12.7. The van der Waals surface area contributed by atoms with Gasteiger partial charge >= 0.3 is 0 Å². The van der Waals surface area contributed by atoms with Crippen LogP contribution in [0.15, 0.2) is 53.0 Å². The highest BCUT2D eigenvalue weighted by atomic mass is 32.1. The van der Waals surface area contributed by atoms with Crippen LogP contribution in [0.25, 0.3) is 5.57 Å². The van der Waals surface area contributed by atoms with Crippen molar-refractivity contribution in [3.8, 4) is 0 Å². The Labute approximate surface area is 121 Å². The predicted octanol–water partition coefficient (Wildman–Crippen LogP) is 4.19. The molecule has 0 atom stereocenters. The zero-order valence-electron chi connectivity index (χ0n) is 11.3. The van der Waals surface area contributed by atoms with Crippen LogP contribution in [0, 0.1) is 0 Å². The first-order chi connectivity index (χ1) is 9.66. The Kier molecular flexibility index (Phi) is 3.24. The van der Waals surface area contributed by atoms with Gasteiger partial charge in [0.25, 0.3) is 5.91 Å². The molecule has 100 valence electrons. The highest BCUT2D eigenvalue weighted by Gasteiger charge is 2.23. The van der Waals surface area contributed by atoms with E-state index in [2.05, 4.69) is 5.10 Å². The van der Waals surface area contributed by atoms with Gasteiger partial charge in [-0.05, 0) is 49.1 Å². The number of carbonyl (C=O) groups is 1. The maximum absolute atomic E-state index is 12.7.